The number of sulfonamides is 1. The first-order valence-electron chi connectivity index (χ1n) is 6.64. The van der Waals surface area contributed by atoms with Gasteiger partial charge in [-0.1, -0.05) is 18.2 Å². The normalized spacial score (nSPS) is 22.7. The van der Waals surface area contributed by atoms with Crippen LogP contribution in [0.3, 0.4) is 0 Å². The van der Waals surface area contributed by atoms with Crippen molar-refractivity contribution in [1.82, 2.24) is 9.71 Å². The van der Waals surface area contributed by atoms with Crippen LogP contribution < -0.4 is 4.72 Å². The maximum Gasteiger partial charge on any atom is 0.242 e. The highest BCUT2D eigenvalue weighted by atomic mass is 32.2. The van der Waals surface area contributed by atoms with Gasteiger partial charge in [-0.25, -0.2) is 13.1 Å². The van der Waals surface area contributed by atoms with Crippen molar-refractivity contribution in [2.75, 3.05) is 19.8 Å². The smallest absolute Gasteiger partial charge is 0.242 e. The number of hydrogen-bond donors (Lipinski definition) is 2. The summed E-state index contributed by atoms with van der Waals surface area (Å²) in [5.41, 5.74) is -0.715. The van der Waals surface area contributed by atoms with Crippen LogP contribution in [0.15, 0.2) is 41.4 Å². The molecule has 2 heterocycles. The maximum absolute atomic E-state index is 12.4. The van der Waals surface area contributed by atoms with Gasteiger partial charge in [-0.05, 0) is 12.1 Å². The third-order valence-corrected chi connectivity index (χ3v) is 4.99. The second kappa shape index (κ2) is 5.34. The predicted molar refractivity (Wildman–Crippen MR) is 77.3 cm³/mol. The summed E-state index contributed by atoms with van der Waals surface area (Å²) in [7, 11) is -3.74. The Labute approximate surface area is 122 Å². The molecule has 2 aromatic rings. The number of rotatable bonds is 4. The van der Waals surface area contributed by atoms with Crippen molar-refractivity contribution >= 4 is 20.9 Å². The minimum absolute atomic E-state index is 0.0709. The quantitative estimate of drug-likeness (QED) is 0.866. The van der Waals surface area contributed by atoms with E-state index in [1.165, 1.54) is 6.07 Å². The second-order valence-electron chi connectivity index (χ2n) is 5.18. The molecule has 0 amide bonds. The number of nitrogens with zero attached hydrogens (tertiary/aromatic N) is 1. The number of aromatic nitrogens is 1. The molecule has 1 aromatic carbocycles. The van der Waals surface area contributed by atoms with Crippen LogP contribution in [0, 0.1) is 0 Å². The van der Waals surface area contributed by atoms with Gasteiger partial charge < -0.3 is 9.84 Å². The fourth-order valence-corrected chi connectivity index (χ4v) is 3.63. The number of para-hydroxylation sites is 1. The highest BCUT2D eigenvalue weighted by molar-refractivity contribution is 7.89. The van der Waals surface area contributed by atoms with Crippen LogP contribution in [-0.2, 0) is 14.8 Å². The van der Waals surface area contributed by atoms with Crippen molar-refractivity contribution in [3.8, 4) is 0 Å². The molecule has 1 fully saturated rings. The molecule has 0 spiro atoms. The second-order valence-corrected chi connectivity index (χ2v) is 6.92. The van der Waals surface area contributed by atoms with E-state index in [1.807, 2.05) is 0 Å². The Morgan fingerprint density at radius 2 is 2.14 bits per heavy atom. The van der Waals surface area contributed by atoms with Gasteiger partial charge >= 0.3 is 0 Å². The summed E-state index contributed by atoms with van der Waals surface area (Å²) in [6.45, 7) is 0.510. The lowest BCUT2D eigenvalue weighted by molar-refractivity contribution is 0.0314. The van der Waals surface area contributed by atoms with Gasteiger partial charge in [0.2, 0.25) is 10.0 Å². The Balaban J connectivity index is 1.90. The Hall–Kier alpha value is -1.54. The lowest BCUT2D eigenvalue weighted by atomic mass is 10.1. The van der Waals surface area contributed by atoms with Crippen molar-refractivity contribution in [1.29, 1.82) is 0 Å². The number of nitrogens with one attached hydrogen (secondary N) is 1. The van der Waals surface area contributed by atoms with Gasteiger partial charge in [-0.2, -0.15) is 0 Å². The zero-order valence-corrected chi connectivity index (χ0v) is 12.1. The molecule has 21 heavy (non-hydrogen) atoms. The number of pyridine rings is 1. The average molecular weight is 308 g/mol. The van der Waals surface area contributed by atoms with Crippen molar-refractivity contribution in [2.24, 2.45) is 0 Å². The van der Waals surface area contributed by atoms with Gasteiger partial charge in [0.1, 0.15) is 10.5 Å². The summed E-state index contributed by atoms with van der Waals surface area (Å²) in [6.07, 6.45) is 1.98. The Morgan fingerprint density at radius 3 is 2.90 bits per heavy atom. The number of fused-ring (bicyclic) bond motifs is 1. The Kier molecular flexibility index (Phi) is 3.66. The first kappa shape index (κ1) is 14.4. The van der Waals surface area contributed by atoms with Crippen LogP contribution in [0.2, 0.25) is 0 Å². The first-order valence-corrected chi connectivity index (χ1v) is 8.12. The maximum atomic E-state index is 12.4. The van der Waals surface area contributed by atoms with Gasteiger partial charge in [-0.15, -0.1) is 0 Å². The topological polar surface area (TPSA) is 88.5 Å². The highest BCUT2D eigenvalue weighted by Gasteiger charge is 2.34. The molecule has 1 aliphatic heterocycles. The molecular weight excluding hydrogens is 292 g/mol. The third kappa shape index (κ3) is 2.91. The minimum atomic E-state index is -3.74. The molecule has 6 nitrogen and oxygen atoms in total. The standard InChI is InChI=1S/C14H16N2O4S/c17-14(6-8-20-10-14)9-16-21(18,19)12-5-1-3-11-4-2-7-15-13(11)12/h1-5,7,16-17H,6,8-10H2/t14-/m0/s1. The SMILES string of the molecule is O=S(=O)(NC[C@@]1(O)CCOC1)c1cccc2cccnc12. The van der Waals surface area contributed by atoms with Crippen LogP contribution in [0.5, 0.6) is 0 Å². The molecular formula is C14H16N2O4S. The molecule has 0 bridgehead atoms. The molecule has 0 radical (unpaired) electrons. The highest BCUT2D eigenvalue weighted by Crippen LogP contribution is 2.22. The van der Waals surface area contributed by atoms with Crippen LogP contribution in [0.4, 0.5) is 0 Å². The Morgan fingerprint density at radius 1 is 1.33 bits per heavy atom. The zero-order chi connectivity index (χ0) is 14.9. The zero-order valence-electron chi connectivity index (χ0n) is 11.3. The molecule has 112 valence electrons. The lowest BCUT2D eigenvalue weighted by Crippen LogP contribution is -2.43. The molecule has 1 saturated heterocycles. The number of hydrogen-bond acceptors (Lipinski definition) is 5. The van der Waals surface area contributed by atoms with E-state index < -0.39 is 15.6 Å². The first-order chi connectivity index (χ1) is 10.0. The Bertz CT molecular complexity index is 749. The molecule has 3 rings (SSSR count). The van der Waals surface area contributed by atoms with Crippen molar-refractivity contribution in [2.45, 2.75) is 16.9 Å². The van der Waals surface area contributed by atoms with E-state index in [-0.39, 0.29) is 18.0 Å². The molecule has 0 aliphatic carbocycles. The van der Waals surface area contributed by atoms with E-state index in [0.29, 0.717) is 18.5 Å². The van der Waals surface area contributed by atoms with E-state index in [9.17, 15) is 13.5 Å². The van der Waals surface area contributed by atoms with E-state index in [2.05, 4.69) is 9.71 Å². The van der Waals surface area contributed by atoms with Gasteiger partial charge in [0, 0.05) is 31.2 Å². The summed E-state index contributed by atoms with van der Waals surface area (Å²) in [5, 5.41) is 10.9. The van der Waals surface area contributed by atoms with Crippen LogP contribution in [0.25, 0.3) is 10.9 Å². The predicted octanol–water partition coefficient (Wildman–Crippen LogP) is 0.664. The molecule has 0 saturated carbocycles. The molecule has 0 unspecified atom stereocenters. The van der Waals surface area contributed by atoms with Gasteiger partial charge in [0.05, 0.1) is 12.1 Å². The van der Waals surface area contributed by atoms with E-state index in [4.69, 9.17) is 4.74 Å². The average Bonchev–Trinajstić information content (AvgIpc) is 2.92. The summed E-state index contributed by atoms with van der Waals surface area (Å²) < 4.78 is 32.4. The van der Waals surface area contributed by atoms with Crippen LogP contribution in [-0.4, -0.2) is 43.9 Å². The fourth-order valence-electron chi connectivity index (χ4n) is 2.34. The van der Waals surface area contributed by atoms with Gasteiger partial charge in [-0.3, -0.25) is 4.98 Å². The van der Waals surface area contributed by atoms with Crippen molar-refractivity contribution < 1.29 is 18.3 Å². The van der Waals surface area contributed by atoms with Crippen LogP contribution in [0.1, 0.15) is 6.42 Å². The van der Waals surface area contributed by atoms with Crippen molar-refractivity contribution in [3.63, 3.8) is 0 Å². The number of ether oxygens (including phenoxy) is 1. The largest absolute Gasteiger partial charge is 0.386 e. The monoisotopic (exact) mass is 308 g/mol. The summed E-state index contributed by atoms with van der Waals surface area (Å²) in [5.74, 6) is 0. The molecule has 1 atom stereocenters. The summed E-state index contributed by atoms with van der Waals surface area (Å²) >= 11 is 0. The fraction of sp³-hybridized carbons (Fsp3) is 0.357. The third-order valence-electron chi connectivity index (χ3n) is 3.56. The van der Waals surface area contributed by atoms with E-state index in [1.54, 1.807) is 30.5 Å². The van der Waals surface area contributed by atoms with E-state index in [0.717, 1.165) is 5.39 Å². The van der Waals surface area contributed by atoms with Gasteiger partial charge in [0.15, 0.2) is 0 Å². The molecule has 1 aromatic heterocycles. The van der Waals surface area contributed by atoms with Crippen molar-refractivity contribution in [3.05, 3.63) is 36.5 Å². The number of aliphatic hydroxyl groups is 1. The molecule has 2 N–H and O–H groups in total. The van der Waals surface area contributed by atoms with Crippen LogP contribution >= 0.6 is 0 Å². The number of benzene rings is 1. The lowest BCUT2D eigenvalue weighted by Gasteiger charge is -2.20. The minimum Gasteiger partial charge on any atom is -0.386 e. The molecule has 7 heteroatoms. The van der Waals surface area contributed by atoms with E-state index >= 15 is 0 Å². The summed E-state index contributed by atoms with van der Waals surface area (Å²) in [6, 6.07) is 8.54. The summed E-state index contributed by atoms with van der Waals surface area (Å²) in [4.78, 5) is 4.25. The molecule has 1 aliphatic rings. The van der Waals surface area contributed by atoms with Gasteiger partial charge in [0.25, 0.3) is 0 Å².